The van der Waals surface area contributed by atoms with E-state index in [2.05, 4.69) is 22.6 Å². The van der Waals surface area contributed by atoms with Crippen molar-refractivity contribution in [1.82, 2.24) is 9.13 Å². The number of hydrogen-bond acceptors (Lipinski definition) is 2. The number of aliphatic hydroxyl groups is 1. The number of imidazole rings is 1. The Morgan fingerprint density at radius 2 is 1.52 bits per heavy atom. The Hall–Kier alpha value is -1.60. The number of fused-ring (bicyclic) bond motifs is 1. The minimum absolute atomic E-state index is 0.0640. The van der Waals surface area contributed by atoms with Crippen LogP contribution < -0.4 is 5.69 Å². The minimum atomic E-state index is -0.693. The van der Waals surface area contributed by atoms with Gasteiger partial charge in [0.15, 0.2) is 0 Å². The molecule has 0 radical (unpaired) electrons. The van der Waals surface area contributed by atoms with E-state index in [9.17, 15) is 9.90 Å². The Balaban J connectivity index is 2.10. The highest BCUT2D eigenvalue weighted by Crippen LogP contribution is 2.25. The third kappa shape index (κ3) is 2.40. The molecule has 1 heterocycles. The van der Waals surface area contributed by atoms with Gasteiger partial charge in [-0.25, -0.2) is 4.79 Å². The van der Waals surface area contributed by atoms with Crippen LogP contribution in [0.1, 0.15) is 17.2 Å². The molecular weight excluding hydrogens is 379 g/mol. The summed E-state index contributed by atoms with van der Waals surface area (Å²) >= 11 is 2.23. The fourth-order valence-electron chi connectivity index (χ4n) is 2.53. The first-order valence-corrected chi connectivity index (χ1v) is 7.66. The molecule has 1 unspecified atom stereocenters. The molecule has 0 bridgehead atoms. The molecule has 2 aromatic carbocycles. The van der Waals surface area contributed by atoms with Crippen LogP contribution >= 0.6 is 22.6 Å². The maximum absolute atomic E-state index is 11.9. The Labute approximate surface area is 135 Å². The van der Waals surface area contributed by atoms with Gasteiger partial charge in [0.05, 0.1) is 11.0 Å². The first kappa shape index (κ1) is 14.3. The molecular formula is C16H15IN2O2. The van der Waals surface area contributed by atoms with E-state index >= 15 is 0 Å². The monoisotopic (exact) mass is 394 g/mol. The Morgan fingerprint density at radius 1 is 0.952 bits per heavy atom. The first-order chi connectivity index (χ1) is 9.99. The lowest BCUT2D eigenvalue weighted by molar-refractivity contribution is 0.220. The van der Waals surface area contributed by atoms with Crippen LogP contribution in [0, 0.1) is 3.57 Å². The predicted octanol–water partition coefficient (Wildman–Crippen LogP) is 2.56. The topological polar surface area (TPSA) is 47.2 Å². The van der Waals surface area contributed by atoms with Crippen LogP contribution in [0.2, 0.25) is 0 Å². The largest absolute Gasteiger partial charge is 0.384 e. The molecule has 108 valence electrons. The number of halogens is 1. The summed E-state index contributed by atoms with van der Waals surface area (Å²) in [6.45, 7) is 0. The predicted molar refractivity (Wildman–Crippen MR) is 91.4 cm³/mol. The van der Waals surface area contributed by atoms with E-state index in [4.69, 9.17) is 0 Å². The summed E-state index contributed by atoms with van der Waals surface area (Å²) in [4.78, 5) is 11.9. The van der Waals surface area contributed by atoms with Crippen molar-refractivity contribution in [3.05, 3.63) is 67.6 Å². The number of hydrogen-bond donors (Lipinski definition) is 1. The molecule has 4 nitrogen and oxygen atoms in total. The zero-order chi connectivity index (χ0) is 15.1. The highest BCUT2D eigenvalue weighted by atomic mass is 127. The SMILES string of the molecule is Cn1c(=O)n(C)c2cc(C(O)c3ccc(I)cc3)ccc21. The fraction of sp³-hybridized carbons (Fsp3) is 0.188. The normalized spacial score (nSPS) is 12.8. The second-order valence-corrected chi connectivity index (χ2v) is 6.35. The standard InChI is InChI=1S/C16H15IN2O2/c1-18-13-8-5-11(9-14(13)19(2)16(18)21)15(20)10-3-6-12(17)7-4-10/h3-9,15,20H,1-2H3. The maximum atomic E-state index is 11.9. The van der Waals surface area contributed by atoms with Crippen LogP contribution in [0.25, 0.3) is 11.0 Å². The van der Waals surface area contributed by atoms with Crippen LogP contribution in [0.5, 0.6) is 0 Å². The highest BCUT2D eigenvalue weighted by molar-refractivity contribution is 14.1. The number of aromatic nitrogens is 2. The van der Waals surface area contributed by atoms with Gasteiger partial charge in [-0.15, -0.1) is 0 Å². The van der Waals surface area contributed by atoms with Crippen LogP contribution in [-0.4, -0.2) is 14.2 Å². The molecule has 1 N–H and O–H groups in total. The maximum Gasteiger partial charge on any atom is 0.328 e. The molecule has 0 aliphatic rings. The second kappa shape index (κ2) is 5.31. The van der Waals surface area contributed by atoms with Crippen LogP contribution in [0.3, 0.4) is 0 Å². The van der Waals surface area contributed by atoms with Gasteiger partial charge in [0.25, 0.3) is 0 Å². The third-order valence-electron chi connectivity index (χ3n) is 3.80. The van der Waals surface area contributed by atoms with Crippen molar-refractivity contribution in [3.63, 3.8) is 0 Å². The summed E-state index contributed by atoms with van der Waals surface area (Å²) in [7, 11) is 3.49. The number of aliphatic hydroxyl groups excluding tert-OH is 1. The second-order valence-electron chi connectivity index (χ2n) is 5.10. The number of nitrogens with zero attached hydrogens (tertiary/aromatic N) is 2. The smallest absolute Gasteiger partial charge is 0.328 e. The molecule has 0 amide bonds. The van der Waals surface area contributed by atoms with E-state index in [0.29, 0.717) is 0 Å². The van der Waals surface area contributed by atoms with E-state index in [-0.39, 0.29) is 5.69 Å². The van der Waals surface area contributed by atoms with Crippen molar-refractivity contribution >= 4 is 33.6 Å². The molecule has 3 rings (SSSR count). The number of aryl methyl sites for hydroxylation is 2. The van der Waals surface area contributed by atoms with Gasteiger partial charge in [0.2, 0.25) is 0 Å². The summed E-state index contributed by atoms with van der Waals surface area (Å²) in [5.41, 5.74) is 3.25. The van der Waals surface area contributed by atoms with Gasteiger partial charge in [-0.05, 0) is 58.0 Å². The van der Waals surface area contributed by atoms with Gasteiger partial charge < -0.3 is 5.11 Å². The Bertz CT molecular complexity index is 862. The molecule has 1 atom stereocenters. The molecule has 0 saturated carbocycles. The summed E-state index contributed by atoms with van der Waals surface area (Å²) in [6.07, 6.45) is -0.693. The van der Waals surface area contributed by atoms with Gasteiger partial charge in [-0.3, -0.25) is 9.13 Å². The Kier molecular flexibility index (Phi) is 3.62. The zero-order valence-corrected chi connectivity index (χ0v) is 13.9. The lowest BCUT2D eigenvalue weighted by Crippen LogP contribution is -2.19. The molecule has 0 aliphatic heterocycles. The van der Waals surface area contributed by atoms with Crippen molar-refractivity contribution in [2.45, 2.75) is 6.10 Å². The first-order valence-electron chi connectivity index (χ1n) is 6.58. The molecule has 5 heteroatoms. The summed E-state index contributed by atoms with van der Waals surface area (Å²) in [6, 6.07) is 13.4. The van der Waals surface area contributed by atoms with E-state index in [1.54, 1.807) is 23.2 Å². The van der Waals surface area contributed by atoms with Crippen LogP contribution in [0.15, 0.2) is 47.3 Å². The minimum Gasteiger partial charge on any atom is -0.384 e. The average Bonchev–Trinajstić information content (AvgIpc) is 2.72. The molecule has 0 aliphatic carbocycles. The van der Waals surface area contributed by atoms with Gasteiger partial charge >= 0.3 is 5.69 Å². The van der Waals surface area contributed by atoms with Crippen molar-refractivity contribution < 1.29 is 5.11 Å². The summed E-state index contributed by atoms with van der Waals surface area (Å²) in [5.74, 6) is 0. The molecule has 0 spiro atoms. The van der Waals surface area contributed by atoms with Crippen molar-refractivity contribution in [2.75, 3.05) is 0 Å². The third-order valence-corrected chi connectivity index (χ3v) is 4.52. The fourth-order valence-corrected chi connectivity index (χ4v) is 2.89. The van der Waals surface area contributed by atoms with Gasteiger partial charge in [-0.1, -0.05) is 18.2 Å². The Morgan fingerprint density at radius 3 is 2.19 bits per heavy atom. The lowest BCUT2D eigenvalue weighted by Gasteiger charge is -2.12. The van der Waals surface area contributed by atoms with E-state index in [1.807, 2.05) is 42.5 Å². The number of benzene rings is 2. The van der Waals surface area contributed by atoms with E-state index < -0.39 is 6.10 Å². The van der Waals surface area contributed by atoms with Crippen molar-refractivity contribution in [1.29, 1.82) is 0 Å². The van der Waals surface area contributed by atoms with Crippen molar-refractivity contribution in [3.8, 4) is 0 Å². The molecule has 0 fully saturated rings. The van der Waals surface area contributed by atoms with E-state index in [0.717, 1.165) is 25.7 Å². The molecule has 3 aromatic rings. The lowest BCUT2D eigenvalue weighted by atomic mass is 10.0. The van der Waals surface area contributed by atoms with Gasteiger partial charge in [0, 0.05) is 17.7 Å². The number of rotatable bonds is 2. The summed E-state index contributed by atoms with van der Waals surface area (Å²) < 4.78 is 4.33. The van der Waals surface area contributed by atoms with Crippen molar-refractivity contribution in [2.24, 2.45) is 14.1 Å². The molecule has 1 aromatic heterocycles. The van der Waals surface area contributed by atoms with Gasteiger partial charge in [-0.2, -0.15) is 0 Å². The van der Waals surface area contributed by atoms with Gasteiger partial charge in [0.1, 0.15) is 6.10 Å². The quantitative estimate of drug-likeness (QED) is 0.680. The zero-order valence-electron chi connectivity index (χ0n) is 11.7. The average molecular weight is 394 g/mol. The molecule has 0 saturated heterocycles. The van der Waals surface area contributed by atoms with E-state index in [1.165, 1.54) is 0 Å². The highest BCUT2D eigenvalue weighted by Gasteiger charge is 2.14. The molecule has 21 heavy (non-hydrogen) atoms. The summed E-state index contributed by atoms with van der Waals surface area (Å²) in [5, 5.41) is 10.5. The van der Waals surface area contributed by atoms with Crippen LogP contribution in [-0.2, 0) is 14.1 Å². The van der Waals surface area contributed by atoms with Crippen LogP contribution in [0.4, 0.5) is 0 Å².